The smallest absolute Gasteiger partial charge is 0.222 e. The summed E-state index contributed by atoms with van der Waals surface area (Å²) < 4.78 is 0.863. The third kappa shape index (κ3) is 6.53. The first-order chi connectivity index (χ1) is 7.68. The number of halogens is 1. The maximum absolute atomic E-state index is 10.5. The van der Waals surface area contributed by atoms with Gasteiger partial charge in [0.2, 0.25) is 5.24 Å². The topological polar surface area (TPSA) is 17.1 Å². The lowest BCUT2D eigenvalue weighted by atomic mass is 10.2. The lowest BCUT2D eigenvalue weighted by Crippen LogP contribution is -1.92. The van der Waals surface area contributed by atoms with Crippen molar-refractivity contribution in [1.29, 1.82) is 0 Å². The Morgan fingerprint density at radius 1 is 1.25 bits per heavy atom. The standard InChI is InChI=1S/C11H11ClOS3/c12-10(13)6-7-15-11(14)16-8-9-4-2-1-3-5-9/h1-5H,6-8H2. The highest BCUT2D eigenvalue weighted by Gasteiger charge is 2.02. The molecule has 0 aliphatic heterocycles. The van der Waals surface area contributed by atoms with E-state index in [1.807, 2.05) is 18.2 Å². The van der Waals surface area contributed by atoms with E-state index in [1.54, 1.807) is 11.8 Å². The van der Waals surface area contributed by atoms with Crippen LogP contribution >= 0.6 is 47.3 Å². The molecule has 86 valence electrons. The normalized spacial score (nSPS) is 10.1. The highest BCUT2D eigenvalue weighted by atomic mass is 35.5. The van der Waals surface area contributed by atoms with E-state index in [2.05, 4.69) is 12.1 Å². The van der Waals surface area contributed by atoms with Gasteiger partial charge in [-0.05, 0) is 17.2 Å². The van der Waals surface area contributed by atoms with Crippen molar-refractivity contribution >= 4 is 56.1 Å². The summed E-state index contributed by atoms with van der Waals surface area (Å²) in [7, 11) is 0. The van der Waals surface area contributed by atoms with Crippen LogP contribution in [0.15, 0.2) is 30.3 Å². The molecule has 5 heteroatoms. The van der Waals surface area contributed by atoms with Crippen molar-refractivity contribution in [2.45, 2.75) is 12.2 Å². The summed E-state index contributed by atoms with van der Waals surface area (Å²) in [6, 6.07) is 10.2. The molecule has 0 aromatic heterocycles. The van der Waals surface area contributed by atoms with Gasteiger partial charge in [-0.2, -0.15) is 0 Å². The Labute approximate surface area is 114 Å². The molecule has 0 radical (unpaired) electrons. The molecule has 0 unspecified atom stereocenters. The van der Waals surface area contributed by atoms with Crippen LogP contribution in [0.4, 0.5) is 0 Å². The van der Waals surface area contributed by atoms with Crippen molar-refractivity contribution in [3.8, 4) is 0 Å². The molecular weight excluding hydrogens is 280 g/mol. The van der Waals surface area contributed by atoms with Crippen LogP contribution in [0.2, 0.25) is 0 Å². The molecule has 0 saturated heterocycles. The Kier molecular flexibility index (Phi) is 7.12. The van der Waals surface area contributed by atoms with Crippen LogP contribution in [0.25, 0.3) is 0 Å². The highest BCUT2D eigenvalue weighted by Crippen LogP contribution is 2.22. The van der Waals surface area contributed by atoms with Gasteiger partial charge >= 0.3 is 0 Å². The molecule has 1 aromatic rings. The Hall–Kier alpha value is -0.0300. The van der Waals surface area contributed by atoms with Gasteiger partial charge in [-0.3, -0.25) is 4.79 Å². The highest BCUT2D eigenvalue weighted by molar-refractivity contribution is 8.46. The maximum atomic E-state index is 10.5. The summed E-state index contributed by atoms with van der Waals surface area (Å²) >= 11 is 13.5. The molecule has 0 amide bonds. The molecule has 16 heavy (non-hydrogen) atoms. The number of benzene rings is 1. The summed E-state index contributed by atoms with van der Waals surface area (Å²) in [6.07, 6.45) is 0.373. The maximum Gasteiger partial charge on any atom is 0.222 e. The Balaban J connectivity index is 2.18. The fourth-order valence-corrected chi connectivity index (χ4v) is 3.30. The van der Waals surface area contributed by atoms with Gasteiger partial charge < -0.3 is 0 Å². The molecule has 0 N–H and O–H groups in total. The number of rotatable bonds is 5. The SMILES string of the molecule is O=C(Cl)CCSC(=S)SCc1ccccc1. The van der Waals surface area contributed by atoms with Crippen LogP contribution in [0, 0.1) is 0 Å². The summed E-state index contributed by atoms with van der Waals surface area (Å²) in [4.78, 5) is 10.5. The van der Waals surface area contributed by atoms with Crippen LogP contribution < -0.4 is 0 Å². The number of hydrogen-bond acceptors (Lipinski definition) is 4. The molecule has 1 aromatic carbocycles. The minimum Gasteiger partial charge on any atom is -0.281 e. The predicted molar refractivity (Wildman–Crippen MR) is 78.3 cm³/mol. The number of hydrogen-bond donors (Lipinski definition) is 0. The number of thioether (sulfide) groups is 2. The molecule has 0 heterocycles. The molecule has 1 rings (SSSR count). The van der Waals surface area contributed by atoms with Gasteiger partial charge in [0.1, 0.15) is 3.53 Å². The predicted octanol–water partition coefficient (Wildman–Crippen LogP) is 4.09. The van der Waals surface area contributed by atoms with Gasteiger partial charge in [-0.1, -0.05) is 42.5 Å². The Morgan fingerprint density at radius 3 is 2.56 bits per heavy atom. The second-order valence-electron chi connectivity index (χ2n) is 2.98. The van der Waals surface area contributed by atoms with Crippen LogP contribution in [0.1, 0.15) is 12.0 Å². The van der Waals surface area contributed by atoms with Gasteiger partial charge in [0.25, 0.3) is 0 Å². The fraction of sp³-hybridized carbons (Fsp3) is 0.273. The first kappa shape index (κ1) is 14.0. The molecule has 0 aliphatic rings. The van der Waals surface area contributed by atoms with Crippen molar-refractivity contribution < 1.29 is 4.79 Å². The molecule has 0 fully saturated rings. The minimum absolute atomic E-state index is 0.302. The third-order valence-corrected chi connectivity index (χ3v) is 4.68. The van der Waals surface area contributed by atoms with Crippen LogP contribution in [-0.2, 0) is 10.5 Å². The molecule has 0 aliphatic carbocycles. The first-order valence-corrected chi connectivity index (χ1v) is 7.46. The zero-order chi connectivity index (χ0) is 11.8. The molecule has 1 nitrogen and oxygen atoms in total. The van der Waals surface area contributed by atoms with Crippen molar-refractivity contribution in [1.82, 2.24) is 0 Å². The van der Waals surface area contributed by atoms with Gasteiger partial charge in [0, 0.05) is 17.9 Å². The van der Waals surface area contributed by atoms with Crippen LogP contribution in [0.3, 0.4) is 0 Å². The molecule has 0 saturated carbocycles. The van der Waals surface area contributed by atoms with Crippen LogP contribution in [-0.4, -0.2) is 14.5 Å². The zero-order valence-electron chi connectivity index (χ0n) is 8.52. The van der Waals surface area contributed by atoms with E-state index < -0.39 is 0 Å². The van der Waals surface area contributed by atoms with E-state index in [0.717, 1.165) is 9.28 Å². The molecule has 0 atom stereocenters. The zero-order valence-corrected chi connectivity index (χ0v) is 11.7. The lowest BCUT2D eigenvalue weighted by Gasteiger charge is -2.02. The summed E-state index contributed by atoms with van der Waals surface area (Å²) in [5.74, 6) is 1.55. The Bertz CT molecular complexity index is 354. The van der Waals surface area contributed by atoms with E-state index in [-0.39, 0.29) is 5.24 Å². The lowest BCUT2D eigenvalue weighted by molar-refractivity contribution is -0.111. The quantitative estimate of drug-likeness (QED) is 0.600. The third-order valence-electron chi connectivity index (χ3n) is 1.72. The molecule has 0 spiro atoms. The van der Waals surface area contributed by atoms with Crippen LogP contribution in [0.5, 0.6) is 0 Å². The van der Waals surface area contributed by atoms with E-state index in [9.17, 15) is 4.79 Å². The fourth-order valence-electron chi connectivity index (χ4n) is 0.973. The van der Waals surface area contributed by atoms with Gasteiger partial charge in [-0.25, -0.2) is 0 Å². The number of carbonyl (C=O) groups is 1. The number of carbonyl (C=O) groups excluding carboxylic acids is 1. The molecule has 0 bridgehead atoms. The van der Waals surface area contributed by atoms with Gasteiger partial charge in [0.15, 0.2) is 0 Å². The Morgan fingerprint density at radius 2 is 1.94 bits per heavy atom. The van der Waals surface area contributed by atoms with Gasteiger partial charge in [0.05, 0.1) is 0 Å². The van der Waals surface area contributed by atoms with E-state index in [1.165, 1.54) is 17.3 Å². The van der Waals surface area contributed by atoms with Gasteiger partial charge in [-0.15, -0.1) is 23.5 Å². The minimum atomic E-state index is -0.302. The summed E-state index contributed by atoms with van der Waals surface area (Å²) in [6.45, 7) is 0. The van der Waals surface area contributed by atoms with Crippen molar-refractivity contribution in [2.75, 3.05) is 5.75 Å². The monoisotopic (exact) mass is 290 g/mol. The largest absolute Gasteiger partial charge is 0.281 e. The van der Waals surface area contributed by atoms with E-state index in [4.69, 9.17) is 23.8 Å². The number of thiocarbonyl (C=S) groups is 1. The van der Waals surface area contributed by atoms with Crippen molar-refractivity contribution in [3.63, 3.8) is 0 Å². The molecular formula is C11H11ClOS3. The average molecular weight is 291 g/mol. The average Bonchev–Trinajstić information content (AvgIpc) is 2.27. The summed E-state index contributed by atoms with van der Waals surface area (Å²) in [5.41, 5.74) is 1.25. The van der Waals surface area contributed by atoms with Crippen molar-refractivity contribution in [3.05, 3.63) is 35.9 Å². The van der Waals surface area contributed by atoms with E-state index in [0.29, 0.717) is 12.2 Å². The van der Waals surface area contributed by atoms with Crippen molar-refractivity contribution in [2.24, 2.45) is 0 Å². The summed E-state index contributed by atoms with van der Waals surface area (Å²) in [5, 5.41) is -0.302. The second-order valence-corrected chi connectivity index (χ2v) is 6.67. The first-order valence-electron chi connectivity index (χ1n) is 4.70. The second kappa shape index (κ2) is 8.12. The van der Waals surface area contributed by atoms with E-state index >= 15 is 0 Å².